The number of carboxylic acids is 2. The second-order valence-corrected chi connectivity index (χ2v) is 8.09. The number of carboxylic acid groups (broad SMARTS) is 2. The second kappa shape index (κ2) is 11.6. The molecule has 0 amide bonds. The van der Waals surface area contributed by atoms with Crippen molar-refractivity contribution in [2.75, 3.05) is 18.0 Å². The van der Waals surface area contributed by atoms with E-state index >= 15 is 0 Å². The molecule has 2 fully saturated rings. The summed E-state index contributed by atoms with van der Waals surface area (Å²) in [6.07, 6.45) is 11.5. The van der Waals surface area contributed by atoms with Gasteiger partial charge in [-0.2, -0.15) is 0 Å². The predicted octanol–water partition coefficient (Wildman–Crippen LogP) is 1.27. The normalized spacial score (nSPS) is 18.8. The number of nitrogens with two attached hydrogens (primary N) is 1. The average molecular weight is 445 g/mol. The molecule has 2 atom stereocenters. The molecule has 1 aromatic heterocycles. The molecule has 2 aliphatic rings. The van der Waals surface area contributed by atoms with Crippen molar-refractivity contribution in [2.24, 2.45) is 11.7 Å². The van der Waals surface area contributed by atoms with E-state index in [1.165, 1.54) is 0 Å². The van der Waals surface area contributed by atoms with Gasteiger partial charge in [-0.3, -0.25) is 14.6 Å². The summed E-state index contributed by atoms with van der Waals surface area (Å²) >= 11 is 0. The molecular weight excluding hydrogens is 412 g/mol. The minimum absolute atomic E-state index is 0.120. The van der Waals surface area contributed by atoms with E-state index in [1.54, 1.807) is 24.5 Å². The highest BCUT2D eigenvalue weighted by Gasteiger charge is 2.55. The van der Waals surface area contributed by atoms with Gasteiger partial charge in [-0.1, -0.05) is 12.8 Å². The number of aliphatic carboxylic acids is 2. The van der Waals surface area contributed by atoms with E-state index in [2.05, 4.69) is 16.2 Å². The molecule has 32 heavy (non-hydrogen) atoms. The number of Topliss-reactive ketones (excluding diaryl/α,β-unsaturated/α-hetero) is 1. The Morgan fingerprint density at radius 1 is 1.25 bits per heavy atom. The molecule has 1 aromatic rings. The minimum atomic E-state index is -1.48. The van der Waals surface area contributed by atoms with Crippen LogP contribution in [0.1, 0.15) is 45.4 Å². The Balaban J connectivity index is 0.000000390. The van der Waals surface area contributed by atoms with Gasteiger partial charge >= 0.3 is 11.9 Å². The van der Waals surface area contributed by atoms with Crippen LogP contribution in [0.3, 0.4) is 0 Å². The Kier molecular flexibility index (Phi) is 9.17. The molecule has 5 N–H and O–H groups in total. The zero-order chi connectivity index (χ0) is 23.7. The van der Waals surface area contributed by atoms with Gasteiger partial charge in [-0.05, 0) is 57.3 Å². The number of nitrogens with zero attached hydrogens (tertiary/aromatic N) is 2. The molecule has 1 saturated carbocycles. The lowest BCUT2D eigenvalue weighted by molar-refractivity contribution is -0.150. The molecule has 1 aliphatic carbocycles. The maximum absolute atomic E-state index is 13.4. The van der Waals surface area contributed by atoms with E-state index in [9.17, 15) is 19.5 Å². The third-order valence-electron chi connectivity index (χ3n) is 5.86. The monoisotopic (exact) mass is 444 g/mol. The fraction of sp³-hybridized carbons (Fsp3) is 0.565. The van der Waals surface area contributed by atoms with Crippen LogP contribution >= 0.6 is 0 Å². The van der Waals surface area contributed by atoms with Crippen LogP contribution in [-0.2, 0) is 14.4 Å². The van der Waals surface area contributed by atoms with Crippen molar-refractivity contribution >= 4 is 23.4 Å². The summed E-state index contributed by atoms with van der Waals surface area (Å²) < 4.78 is 0. The van der Waals surface area contributed by atoms with Crippen molar-refractivity contribution in [3.63, 3.8) is 0 Å². The Morgan fingerprint density at radius 2 is 1.84 bits per heavy atom. The molecule has 0 radical (unpaired) electrons. The number of hydrogen-bond acceptors (Lipinski definition) is 7. The molecular formula is C23H32N4O5. The quantitative estimate of drug-likeness (QED) is 0.327. The van der Waals surface area contributed by atoms with Crippen LogP contribution in [0.15, 0.2) is 24.5 Å². The van der Waals surface area contributed by atoms with Crippen LogP contribution in [0.2, 0.25) is 0 Å². The molecule has 2 heterocycles. The van der Waals surface area contributed by atoms with E-state index in [0.717, 1.165) is 31.6 Å². The number of aromatic nitrogens is 1. The van der Waals surface area contributed by atoms with Crippen LogP contribution in [0, 0.1) is 18.3 Å². The van der Waals surface area contributed by atoms with Crippen molar-refractivity contribution in [3.8, 4) is 12.3 Å². The molecule has 1 unspecified atom stereocenters. The fourth-order valence-corrected chi connectivity index (χ4v) is 4.07. The first-order valence-electron chi connectivity index (χ1n) is 10.9. The summed E-state index contributed by atoms with van der Waals surface area (Å²) in [5.41, 5.74) is 4.35. The van der Waals surface area contributed by atoms with Crippen molar-refractivity contribution in [3.05, 3.63) is 24.5 Å². The maximum atomic E-state index is 13.4. The second-order valence-electron chi connectivity index (χ2n) is 8.09. The minimum Gasteiger partial charge on any atom is -0.481 e. The summed E-state index contributed by atoms with van der Waals surface area (Å²) in [5.74, 6) is -0.226. The summed E-state index contributed by atoms with van der Waals surface area (Å²) in [5, 5.41) is 21.4. The first-order valence-corrected chi connectivity index (χ1v) is 10.9. The van der Waals surface area contributed by atoms with Gasteiger partial charge in [0.1, 0.15) is 0 Å². The van der Waals surface area contributed by atoms with Gasteiger partial charge in [0.25, 0.3) is 0 Å². The van der Waals surface area contributed by atoms with Gasteiger partial charge in [-0.25, -0.2) is 4.79 Å². The van der Waals surface area contributed by atoms with Crippen LogP contribution in [0.25, 0.3) is 0 Å². The number of rotatable bonds is 9. The standard InChI is InChI=1S/C18H25N3O3.C5H7NO2/c1-2-18(17(23)24,16(22)13-5-9-19-10-6-13)21(14-3-4-14)15-7-11-20-12-8-15;1-2-4(6)3-5(7)8/h7-8,11-14,19H,2-6,9-10H2,1H3,(H,23,24);1,4H,3,6H2,(H,7,8)/t;4-/m.1/s1. The molecule has 9 heteroatoms. The largest absolute Gasteiger partial charge is 0.481 e. The summed E-state index contributed by atoms with van der Waals surface area (Å²) in [4.78, 5) is 41.4. The molecule has 0 bridgehead atoms. The lowest BCUT2D eigenvalue weighted by atomic mass is 9.78. The van der Waals surface area contributed by atoms with Gasteiger partial charge in [0.05, 0.1) is 12.5 Å². The summed E-state index contributed by atoms with van der Waals surface area (Å²) in [6.45, 7) is 3.35. The zero-order valence-corrected chi connectivity index (χ0v) is 18.4. The SMILES string of the molecule is C#C[C@@H](N)CC(=O)O.CCC(C(=O)O)(C(=O)C1CCNCC1)N(c1ccncc1)C1CC1. The highest BCUT2D eigenvalue weighted by Crippen LogP contribution is 2.41. The van der Waals surface area contributed by atoms with E-state index in [-0.39, 0.29) is 30.6 Å². The Morgan fingerprint density at radius 3 is 2.25 bits per heavy atom. The van der Waals surface area contributed by atoms with Gasteiger partial charge in [0.15, 0.2) is 11.3 Å². The van der Waals surface area contributed by atoms with Crippen LogP contribution < -0.4 is 16.0 Å². The van der Waals surface area contributed by atoms with Crippen molar-refractivity contribution < 1.29 is 24.6 Å². The number of carbonyl (C=O) groups is 3. The lowest BCUT2D eigenvalue weighted by Crippen LogP contribution is -2.63. The number of carbonyl (C=O) groups excluding carboxylic acids is 1. The van der Waals surface area contributed by atoms with Gasteiger partial charge in [0, 0.05) is 30.0 Å². The van der Waals surface area contributed by atoms with Gasteiger partial charge in [0.2, 0.25) is 0 Å². The number of anilines is 1. The first-order chi connectivity index (χ1) is 15.3. The average Bonchev–Trinajstić information content (AvgIpc) is 3.63. The molecule has 1 aliphatic heterocycles. The van der Waals surface area contributed by atoms with Crippen molar-refractivity contribution in [1.82, 2.24) is 10.3 Å². The summed E-state index contributed by atoms with van der Waals surface area (Å²) in [6, 6.07) is 3.09. The van der Waals surface area contributed by atoms with E-state index in [0.29, 0.717) is 12.8 Å². The van der Waals surface area contributed by atoms with E-state index < -0.39 is 23.5 Å². The Hall–Kier alpha value is -2.96. The van der Waals surface area contributed by atoms with Crippen molar-refractivity contribution in [1.29, 1.82) is 0 Å². The fourth-order valence-electron chi connectivity index (χ4n) is 4.07. The molecule has 3 rings (SSSR count). The van der Waals surface area contributed by atoms with Crippen LogP contribution in [-0.4, -0.2) is 63.6 Å². The number of terminal acetylenes is 1. The molecule has 0 spiro atoms. The van der Waals surface area contributed by atoms with Gasteiger partial charge < -0.3 is 26.2 Å². The number of hydrogen-bond donors (Lipinski definition) is 4. The molecule has 174 valence electrons. The predicted molar refractivity (Wildman–Crippen MR) is 120 cm³/mol. The maximum Gasteiger partial charge on any atom is 0.337 e. The molecule has 1 saturated heterocycles. The number of piperidine rings is 1. The third kappa shape index (κ3) is 6.05. The Labute approximate surface area is 188 Å². The highest BCUT2D eigenvalue weighted by molar-refractivity contribution is 6.12. The first kappa shape index (κ1) is 25.3. The van der Waals surface area contributed by atoms with Crippen molar-refractivity contribution in [2.45, 2.75) is 63.1 Å². The number of pyridine rings is 1. The smallest absolute Gasteiger partial charge is 0.337 e. The Bertz CT molecular complexity index is 831. The number of ketones is 1. The highest BCUT2D eigenvalue weighted by atomic mass is 16.4. The van der Waals surface area contributed by atoms with Crippen LogP contribution in [0.5, 0.6) is 0 Å². The topological polar surface area (TPSA) is 146 Å². The zero-order valence-electron chi connectivity index (χ0n) is 18.4. The van der Waals surface area contributed by atoms with Gasteiger partial charge in [-0.15, -0.1) is 6.42 Å². The molecule has 9 nitrogen and oxygen atoms in total. The molecule has 0 aromatic carbocycles. The van der Waals surface area contributed by atoms with E-state index in [4.69, 9.17) is 17.3 Å². The van der Waals surface area contributed by atoms with E-state index in [1.807, 2.05) is 11.8 Å². The van der Waals surface area contributed by atoms with Crippen LogP contribution in [0.4, 0.5) is 5.69 Å². The number of nitrogens with one attached hydrogen (secondary N) is 1. The third-order valence-corrected chi connectivity index (χ3v) is 5.86. The summed E-state index contributed by atoms with van der Waals surface area (Å²) in [7, 11) is 0. The lowest BCUT2D eigenvalue weighted by Gasteiger charge is -2.43.